The molecule has 3 rings (SSSR count). The second kappa shape index (κ2) is 5.76. The third-order valence-electron chi connectivity index (χ3n) is 3.89. The lowest BCUT2D eigenvalue weighted by Gasteiger charge is -2.17. The maximum absolute atomic E-state index is 12.2. The van der Waals surface area contributed by atoms with Gasteiger partial charge in [-0.15, -0.1) is 0 Å². The van der Waals surface area contributed by atoms with Gasteiger partial charge in [0.1, 0.15) is 11.4 Å². The highest BCUT2D eigenvalue weighted by molar-refractivity contribution is 9.10. The number of carbonyl (C=O) groups is 1. The first-order chi connectivity index (χ1) is 10.6. The molecule has 0 bridgehead atoms. The molecule has 0 amide bonds. The SMILES string of the molecule is CCOC(=O)c1c2c(nn1C)-c1cc(Br)c(OC)cc1CC2. The van der Waals surface area contributed by atoms with Gasteiger partial charge in [-0.1, -0.05) is 0 Å². The first-order valence-corrected chi connectivity index (χ1v) is 7.95. The predicted octanol–water partition coefficient (Wildman–Crippen LogP) is 3.13. The molecule has 1 aliphatic carbocycles. The van der Waals surface area contributed by atoms with Crippen LogP contribution in [0.4, 0.5) is 0 Å². The van der Waals surface area contributed by atoms with Gasteiger partial charge >= 0.3 is 5.97 Å². The van der Waals surface area contributed by atoms with Crippen LogP contribution >= 0.6 is 15.9 Å². The number of hydrogen-bond donors (Lipinski definition) is 0. The number of esters is 1. The number of aromatic nitrogens is 2. The molecule has 0 saturated heterocycles. The van der Waals surface area contributed by atoms with Crippen molar-refractivity contribution in [1.29, 1.82) is 0 Å². The molecular formula is C16H17BrN2O3. The molecule has 1 heterocycles. The van der Waals surface area contributed by atoms with Crippen molar-refractivity contribution in [2.45, 2.75) is 19.8 Å². The topological polar surface area (TPSA) is 53.3 Å². The number of nitrogens with zero attached hydrogens (tertiary/aromatic N) is 2. The number of carbonyl (C=O) groups excluding carboxylic acids is 1. The van der Waals surface area contributed by atoms with Crippen LogP contribution in [-0.2, 0) is 24.6 Å². The van der Waals surface area contributed by atoms with Gasteiger partial charge in [-0.2, -0.15) is 5.10 Å². The number of rotatable bonds is 3. The van der Waals surface area contributed by atoms with Crippen LogP contribution in [0.5, 0.6) is 5.75 Å². The largest absolute Gasteiger partial charge is 0.496 e. The van der Waals surface area contributed by atoms with E-state index in [-0.39, 0.29) is 5.97 Å². The number of fused-ring (bicyclic) bond motifs is 3. The van der Waals surface area contributed by atoms with Gasteiger partial charge in [0.25, 0.3) is 0 Å². The molecule has 116 valence electrons. The lowest BCUT2D eigenvalue weighted by atomic mass is 9.89. The number of halogens is 1. The number of ether oxygens (including phenoxy) is 2. The average Bonchev–Trinajstić information content (AvgIpc) is 2.83. The molecule has 1 aromatic carbocycles. The summed E-state index contributed by atoms with van der Waals surface area (Å²) in [5, 5.41) is 4.55. The van der Waals surface area contributed by atoms with E-state index in [1.807, 2.05) is 12.1 Å². The van der Waals surface area contributed by atoms with E-state index in [1.165, 1.54) is 5.56 Å². The lowest BCUT2D eigenvalue weighted by Crippen LogP contribution is -2.14. The number of hydrogen-bond acceptors (Lipinski definition) is 4. The standard InChI is InChI=1S/C16H17BrN2O3/c1-4-22-16(20)15-10-6-5-9-7-13(21-3)12(17)8-11(9)14(10)18-19(15)2/h7-8H,4-6H2,1-3H3. The Hall–Kier alpha value is -1.82. The Kier molecular flexibility index (Phi) is 3.95. The molecule has 5 nitrogen and oxygen atoms in total. The van der Waals surface area contributed by atoms with E-state index in [0.717, 1.165) is 39.9 Å². The lowest BCUT2D eigenvalue weighted by molar-refractivity contribution is 0.0512. The Morgan fingerprint density at radius 1 is 1.41 bits per heavy atom. The molecule has 1 aliphatic rings. The van der Waals surface area contributed by atoms with Gasteiger partial charge in [-0.25, -0.2) is 4.79 Å². The highest BCUT2D eigenvalue weighted by Gasteiger charge is 2.28. The third kappa shape index (κ3) is 2.31. The van der Waals surface area contributed by atoms with Crippen LogP contribution in [0.2, 0.25) is 0 Å². The van der Waals surface area contributed by atoms with Gasteiger partial charge in [-0.3, -0.25) is 4.68 Å². The second-order valence-electron chi connectivity index (χ2n) is 5.16. The third-order valence-corrected chi connectivity index (χ3v) is 4.51. The highest BCUT2D eigenvalue weighted by Crippen LogP contribution is 2.39. The minimum absolute atomic E-state index is 0.310. The Labute approximate surface area is 137 Å². The van der Waals surface area contributed by atoms with Crippen molar-refractivity contribution in [3.63, 3.8) is 0 Å². The molecule has 6 heteroatoms. The quantitative estimate of drug-likeness (QED) is 0.785. The van der Waals surface area contributed by atoms with Crippen molar-refractivity contribution in [3.05, 3.63) is 33.4 Å². The minimum Gasteiger partial charge on any atom is -0.496 e. The van der Waals surface area contributed by atoms with E-state index in [2.05, 4.69) is 21.0 Å². The maximum Gasteiger partial charge on any atom is 0.356 e. The van der Waals surface area contributed by atoms with Crippen LogP contribution in [0.15, 0.2) is 16.6 Å². The van der Waals surface area contributed by atoms with Gasteiger partial charge in [0, 0.05) is 18.2 Å². The summed E-state index contributed by atoms with van der Waals surface area (Å²) in [4.78, 5) is 12.2. The summed E-state index contributed by atoms with van der Waals surface area (Å²) in [7, 11) is 3.43. The van der Waals surface area contributed by atoms with Crippen LogP contribution in [0.1, 0.15) is 28.5 Å². The van der Waals surface area contributed by atoms with Crippen molar-refractivity contribution in [2.24, 2.45) is 7.05 Å². The smallest absolute Gasteiger partial charge is 0.356 e. The van der Waals surface area contributed by atoms with Gasteiger partial charge in [0.15, 0.2) is 0 Å². The zero-order valence-electron chi connectivity index (χ0n) is 12.8. The first kappa shape index (κ1) is 15.1. The first-order valence-electron chi connectivity index (χ1n) is 7.16. The minimum atomic E-state index is -0.310. The fourth-order valence-electron chi connectivity index (χ4n) is 2.91. The predicted molar refractivity (Wildman–Crippen MR) is 86.3 cm³/mol. The normalized spacial score (nSPS) is 12.5. The van der Waals surface area contributed by atoms with Gasteiger partial charge < -0.3 is 9.47 Å². The van der Waals surface area contributed by atoms with Gasteiger partial charge in [-0.05, 0) is 53.4 Å². The van der Waals surface area contributed by atoms with Crippen LogP contribution in [0, 0.1) is 0 Å². The molecule has 0 atom stereocenters. The summed E-state index contributed by atoms with van der Waals surface area (Å²) in [6.45, 7) is 2.16. The molecule has 1 aromatic heterocycles. The molecule has 22 heavy (non-hydrogen) atoms. The molecule has 0 spiro atoms. The van der Waals surface area contributed by atoms with E-state index in [9.17, 15) is 4.79 Å². The zero-order chi connectivity index (χ0) is 15.9. The monoisotopic (exact) mass is 364 g/mol. The number of aryl methyl sites for hydroxylation is 2. The molecule has 0 aliphatic heterocycles. The Morgan fingerprint density at radius 3 is 2.86 bits per heavy atom. The molecule has 0 radical (unpaired) electrons. The summed E-state index contributed by atoms with van der Waals surface area (Å²) >= 11 is 3.52. The van der Waals surface area contributed by atoms with Crippen LogP contribution in [0.3, 0.4) is 0 Å². The van der Waals surface area contributed by atoms with Gasteiger partial charge in [0.2, 0.25) is 0 Å². The number of methoxy groups -OCH3 is 1. The highest BCUT2D eigenvalue weighted by atomic mass is 79.9. The second-order valence-corrected chi connectivity index (χ2v) is 6.02. The van der Waals surface area contributed by atoms with Crippen molar-refractivity contribution < 1.29 is 14.3 Å². The summed E-state index contributed by atoms with van der Waals surface area (Å²) in [6, 6.07) is 4.04. The maximum atomic E-state index is 12.2. The molecule has 0 unspecified atom stereocenters. The number of benzene rings is 1. The van der Waals surface area contributed by atoms with E-state index < -0.39 is 0 Å². The van der Waals surface area contributed by atoms with Crippen LogP contribution < -0.4 is 4.74 Å². The summed E-state index contributed by atoms with van der Waals surface area (Å²) in [5.41, 5.74) is 4.59. The Balaban J connectivity index is 2.14. The van der Waals surface area contributed by atoms with E-state index in [0.29, 0.717) is 12.3 Å². The molecule has 0 N–H and O–H groups in total. The van der Waals surface area contributed by atoms with Crippen LogP contribution in [-0.4, -0.2) is 29.5 Å². The fourth-order valence-corrected chi connectivity index (χ4v) is 3.42. The van der Waals surface area contributed by atoms with Gasteiger partial charge in [0.05, 0.1) is 23.9 Å². The van der Waals surface area contributed by atoms with Crippen LogP contribution in [0.25, 0.3) is 11.3 Å². The summed E-state index contributed by atoms with van der Waals surface area (Å²) < 4.78 is 13.0. The summed E-state index contributed by atoms with van der Waals surface area (Å²) in [5.74, 6) is 0.499. The molecular weight excluding hydrogens is 348 g/mol. The van der Waals surface area contributed by atoms with Crippen molar-refractivity contribution in [2.75, 3.05) is 13.7 Å². The molecule has 0 saturated carbocycles. The van der Waals surface area contributed by atoms with E-state index in [4.69, 9.17) is 9.47 Å². The van der Waals surface area contributed by atoms with Crippen molar-refractivity contribution in [3.8, 4) is 17.0 Å². The Morgan fingerprint density at radius 2 is 2.18 bits per heavy atom. The average molecular weight is 365 g/mol. The molecule has 0 fully saturated rings. The zero-order valence-corrected chi connectivity index (χ0v) is 14.4. The summed E-state index contributed by atoms with van der Waals surface area (Å²) in [6.07, 6.45) is 1.62. The van der Waals surface area contributed by atoms with Crippen molar-refractivity contribution >= 4 is 21.9 Å². The van der Waals surface area contributed by atoms with E-state index in [1.54, 1.807) is 25.8 Å². The molecule has 2 aromatic rings. The fraction of sp³-hybridized carbons (Fsp3) is 0.375. The Bertz CT molecular complexity index is 752. The van der Waals surface area contributed by atoms with Crippen molar-refractivity contribution in [1.82, 2.24) is 9.78 Å². The van der Waals surface area contributed by atoms with E-state index >= 15 is 0 Å².